The zero-order valence-corrected chi connectivity index (χ0v) is 11.0. The normalized spacial score (nSPS) is 19.4. The van der Waals surface area contributed by atoms with Gasteiger partial charge in [-0.25, -0.2) is 0 Å². The zero-order chi connectivity index (χ0) is 13.5. The van der Waals surface area contributed by atoms with E-state index in [0.29, 0.717) is 19.5 Å². The van der Waals surface area contributed by atoms with Crippen LogP contribution in [0.3, 0.4) is 0 Å². The van der Waals surface area contributed by atoms with Crippen molar-refractivity contribution in [3.05, 3.63) is 0 Å². The lowest BCUT2D eigenvalue weighted by molar-refractivity contribution is -0.146. The van der Waals surface area contributed by atoms with E-state index in [1.165, 1.54) is 4.90 Å². The molecule has 1 fully saturated rings. The summed E-state index contributed by atoms with van der Waals surface area (Å²) in [5.74, 6) is -0.947. The van der Waals surface area contributed by atoms with Crippen LogP contribution in [0.25, 0.3) is 0 Å². The average molecular weight is 273 g/mol. The van der Waals surface area contributed by atoms with Gasteiger partial charge in [0.1, 0.15) is 0 Å². The van der Waals surface area contributed by atoms with E-state index in [1.807, 2.05) is 0 Å². The van der Waals surface area contributed by atoms with Crippen molar-refractivity contribution >= 4 is 29.0 Å². The van der Waals surface area contributed by atoms with Gasteiger partial charge in [0.2, 0.25) is 0 Å². The Balaban J connectivity index is 2.44. The smallest absolute Gasteiger partial charge is 0.311 e. The predicted octanol–water partition coefficient (Wildman–Crippen LogP) is -0.990. The molecule has 0 radical (unpaired) electrons. The summed E-state index contributed by atoms with van der Waals surface area (Å²) in [5.41, 5.74) is 5.24. The van der Waals surface area contributed by atoms with Crippen molar-refractivity contribution in [3.63, 3.8) is 0 Å². The average Bonchev–Trinajstić information content (AvgIpc) is 2.35. The van der Waals surface area contributed by atoms with Gasteiger partial charge in [-0.3, -0.25) is 9.59 Å². The Labute approximate surface area is 112 Å². The third-order valence-electron chi connectivity index (χ3n) is 2.96. The lowest BCUT2D eigenvalue weighted by Crippen LogP contribution is -2.48. The molecule has 6 nitrogen and oxygen atoms in total. The van der Waals surface area contributed by atoms with Crippen molar-refractivity contribution in [1.82, 2.24) is 10.2 Å². The number of aliphatic hydroxyl groups is 1. The molecule has 1 saturated heterocycles. The molecule has 2 amide bonds. The molecule has 0 spiro atoms. The van der Waals surface area contributed by atoms with Gasteiger partial charge in [0.05, 0.1) is 11.5 Å². The number of hydrogen-bond acceptors (Lipinski definition) is 4. The molecule has 102 valence electrons. The lowest BCUT2D eigenvalue weighted by atomic mass is 9.95. The van der Waals surface area contributed by atoms with Gasteiger partial charge in [0.15, 0.2) is 0 Å². The van der Waals surface area contributed by atoms with Crippen molar-refractivity contribution in [3.8, 4) is 0 Å². The summed E-state index contributed by atoms with van der Waals surface area (Å²) >= 11 is 4.62. The largest absolute Gasteiger partial charge is 0.396 e. The molecule has 1 rings (SSSR count). The van der Waals surface area contributed by atoms with Crippen LogP contribution < -0.4 is 11.1 Å². The second-order valence-electron chi connectivity index (χ2n) is 4.42. The number of piperidine rings is 1. The molecule has 1 aliphatic rings. The SMILES string of the molecule is NC(=S)CNC(=O)C(=O)N1CCCC(CCO)C1. The zero-order valence-electron chi connectivity index (χ0n) is 10.2. The number of hydrogen-bond donors (Lipinski definition) is 3. The van der Waals surface area contributed by atoms with Crippen LogP contribution in [0, 0.1) is 5.92 Å². The molecule has 0 aliphatic carbocycles. The highest BCUT2D eigenvalue weighted by Gasteiger charge is 2.27. The van der Waals surface area contributed by atoms with Crippen molar-refractivity contribution in [2.45, 2.75) is 19.3 Å². The van der Waals surface area contributed by atoms with Gasteiger partial charge in [-0.15, -0.1) is 0 Å². The highest BCUT2D eigenvalue weighted by atomic mass is 32.1. The topological polar surface area (TPSA) is 95.7 Å². The molecule has 0 aromatic carbocycles. The summed E-state index contributed by atoms with van der Waals surface area (Å²) in [7, 11) is 0. The van der Waals surface area contributed by atoms with Gasteiger partial charge in [0.25, 0.3) is 0 Å². The maximum atomic E-state index is 11.8. The summed E-state index contributed by atoms with van der Waals surface area (Å²) in [6.07, 6.45) is 2.51. The van der Waals surface area contributed by atoms with Crippen LogP contribution in [0.2, 0.25) is 0 Å². The molecule has 0 saturated carbocycles. The third kappa shape index (κ3) is 4.58. The quantitative estimate of drug-likeness (QED) is 0.451. The van der Waals surface area contributed by atoms with E-state index in [9.17, 15) is 9.59 Å². The first-order chi connectivity index (χ1) is 8.54. The molecule has 1 atom stereocenters. The van der Waals surface area contributed by atoms with Crippen LogP contribution in [0.4, 0.5) is 0 Å². The Hall–Kier alpha value is -1.21. The number of thiocarbonyl (C=S) groups is 1. The number of amides is 2. The van der Waals surface area contributed by atoms with E-state index in [1.54, 1.807) is 0 Å². The fourth-order valence-corrected chi connectivity index (χ4v) is 2.13. The van der Waals surface area contributed by atoms with E-state index >= 15 is 0 Å². The van der Waals surface area contributed by atoms with Gasteiger partial charge in [-0.05, 0) is 25.2 Å². The Bertz CT molecular complexity index is 333. The molecule has 1 aliphatic heterocycles. The Morgan fingerprint density at radius 2 is 2.22 bits per heavy atom. The Morgan fingerprint density at radius 3 is 2.83 bits per heavy atom. The molecular weight excluding hydrogens is 254 g/mol. The summed E-state index contributed by atoms with van der Waals surface area (Å²) in [6.45, 7) is 1.26. The maximum Gasteiger partial charge on any atom is 0.311 e. The fraction of sp³-hybridized carbons (Fsp3) is 0.727. The number of aliphatic hydroxyl groups excluding tert-OH is 1. The van der Waals surface area contributed by atoms with Gasteiger partial charge < -0.3 is 21.1 Å². The second-order valence-corrected chi connectivity index (χ2v) is 4.95. The van der Waals surface area contributed by atoms with E-state index in [-0.39, 0.29) is 24.1 Å². The summed E-state index contributed by atoms with van der Waals surface area (Å²) in [6, 6.07) is 0. The molecule has 0 aromatic heterocycles. The summed E-state index contributed by atoms with van der Waals surface area (Å²) in [4.78, 5) is 25.0. The van der Waals surface area contributed by atoms with Gasteiger partial charge in [-0.2, -0.15) is 0 Å². The molecule has 1 heterocycles. The van der Waals surface area contributed by atoms with Crippen LogP contribution in [0.15, 0.2) is 0 Å². The summed E-state index contributed by atoms with van der Waals surface area (Å²) < 4.78 is 0. The van der Waals surface area contributed by atoms with Crippen molar-refractivity contribution < 1.29 is 14.7 Å². The standard InChI is InChI=1S/C11H19N3O3S/c12-9(18)6-13-10(16)11(17)14-4-1-2-8(7-14)3-5-15/h8,15H,1-7H2,(H2,12,18)(H,13,16). The van der Waals surface area contributed by atoms with Crippen LogP contribution in [-0.2, 0) is 9.59 Å². The number of nitrogens with zero attached hydrogens (tertiary/aromatic N) is 1. The molecule has 1 unspecified atom stereocenters. The first kappa shape index (κ1) is 14.8. The monoisotopic (exact) mass is 273 g/mol. The summed E-state index contributed by atoms with van der Waals surface area (Å²) in [5, 5.41) is 11.3. The van der Waals surface area contributed by atoms with Crippen molar-refractivity contribution in [2.24, 2.45) is 11.7 Å². The Morgan fingerprint density at radius 1 is 1.50 bits per heavy atom. The fourth-order valence-electron chi connectivity index (χ4n) is 2.05. The molecule has 7 heteroatoms. The minimum Gasteiger partial charge on any atom is -0.396 e. The highest BCUT2D eigenvalue weighted by molar-refractivity contribution is 7.80. The number of nitrogens with two attached hydrogens (primary N) is 1. The first-order valence-electron chi connectivity index (χ1n) is 6.01. The number of carbonyl (C=O) groups excluding carboxylic acids is 2. The van der Waals surface area contributed by atoms with Crippen LogP contribution in [0.5, 0.6) is 0 Å². The minimum atomic E-state index is -0.674. The molecule has 18 heavy (non-hydrogen) atoms. The van der Waals surface area contributed by atoms with Crippen molar-refractivity contribution in [1.29, 1.82) is 0 Å². The lowest BCUT2D eigenvalue weighted by Gasteiger charge is -2.32. The van der Waals surface area contributed by atoms with Gasteiger partial charge in [-0.1, -0.05) is 12.2 Å². The molecule has 4 N–H and O–H groups in total. The number of nitrogens with one attached hydrogen (secondary N) is 1. The third-order valence-corrected chi connectivity index (χ3v) is 3.11. The van der Waals surface area contributed by atoms with Crippen LogP contribution in [-0.4, -0.2) is 53.1 Å². The molecule has 0 bridgehead atoms. The van der Waals surface area contributed by atoms with Crippen LogP contribution in [0.1, 0.15) is 19.3 Å². The van der Waals surface area contributed by atoms with E-state index in [4.69, 9.17) is 10.8 Å². The Kier molecular flexibility index (Phi) is 6.00. The highest BCUT2D eigenvalue weighted by Crippen LogP contribution is 2.19. The number of carbonyl (C=O) groups is 2. The molecule has 0 aromatic rings. The van der Waals surface area contributed by atoms with Gasteiger partial charge >= 0.3 is 11.8 Å². The van der Waals surface area contributed by atoms with E-state index in [2.05, 4.69) is 17.5 Å². The van der Waals surface area contributed by atoms with Crippen LogP contribution >= 0.6 is 12.2 Å². The number of likely N-dealkylation sites (tertiary alicyclic amines) is 1. The second kappa shape index (κ2) is 7.27. The number of rotatable bonds is 4. The first-order valence-corrected chi connectivity index (χ1v) is 6.41. The van der Waals surface area contributed by atoms with Gasteiger partial charge in [0, 0.05) is 19.7 Å². The predicted molar refractivity (Wildman–Crippen MR) is 70.8 cm³/mol. The van der Waals surface area contributed by atoms with Crippen molar-refractivity contribution in [2.75, 3.05) is 26.2 Å². The maximum absolute atomic E-state index is 11.8. The van der Waals surface area contributed by atoms with E-state index in [0.717, 1.165) is 12.8 Å². The minimum absolute atomic E-state index is 0.0355. The molecular formula is C11H19N3O3S. The van der Waals surface area contributed by atoms with E-state index < -0.39 is 11.8 Å².